The van der Waals surface area contributed by atoms with Gasteiger partial charge in [0.25, 0.3) is 0 Å². The van der Waals surface area contributed by atoms with Crippen molar-refractivity contribution in [3.63, 3.8) is 0 Å². The highest BCUT2D eigenvalue weighted by atomic mass is 14.8. The van der Waals surface area contributed by atoms with Crippen LogP contribution in [0.15, 0.2) is 53.7 Å². The molecule has 1 aliphatic heterocycles. The molecule has 1 nitrogen and oxygen atoms in total. The van der Waals surface area contributed by atoms with E-state index < -0.39 is 0 Å². The molecule has 0 spiro atoms. The first-order valence-electron chi connectivity index (χ1n) is 6.72. The van der Waals surface area contributed by atoms with Gasteiger partial charge in [-0.3, -0.25) is 4.99 Å². The van der Waals surface area contributed by atoms with Crippen molar-refractivity contribution >= 4 is 17.9 Å². The van der Waals surface area contributed by atoms with Gasteiger partial charge in [0.05, 0.1) is 5.70 Å². The van der Waals surface area contributed by atoms with Crippen molar-refractivity contribution in [2.75, 3.05) is 0 Å². The Labute approximate surface area is 115 Å². The molecule has 1 heteroatoms. The number of nitrogens with zero attached hydrogens (tertiary/aromatic N) is 1. The van der Waals surface area contributed by atoms with Crippen molar-refractivity contribution in [2.24, 2.45) is 10.4 Å². The number of hydrogen-bond donors (Lipinski definition) is 0. The van der Waals surface area contributed by atoms with Gasteiger partial charge in [-0.15, -0.1) is 0 Å². The summed E-state index contributed by atoms with van der Waals surface area (Å²) in [5, 5.41) is 2.24. The lowest BCUT2D eigenvalue weighted by atomic mass is 9.78. The van der Waals surface area contributed by atoms with Crippen LogP contribution in [0.3, 0.4) is 0 Å². The van der Waals surface area contributed by atoms with E-state index >= 15 is 0 Å². The summed E-state index contributed by atoms with van der Waals surface area (Å²) in [5.41, 5.74) is 3.46. The number of rotatable bonds is 2. The fourth-order valence-electron chi connectivity index (χ4n) is 2.80. The Hall–Kier alpha value is -1.89. The van der Waals surface area contributed by atoms with Crippen LogP contribution < -0.4 is 10.4 Å². The Balaban J connectivity index is 2.86. The van der Waals surface area contributed by atoms with Gasteiger partial charge in [0.2, 0.25) is 0 Å². The first kappa shape index (κ1) is 13.5. The first-order valence-corrected chi connectivity index (χ1v) is 6.72. The fourth-order valence-corrected chi connectivity index (χ4v) is 2.80. The molecule has 0 amide bonds. The highest BCUT2D eigenvalue weighted by molar-refractivity contribution is 6.06. The van der Waals surface area contributed by atoms with Crippen LogP contribution in [0, 0.1) is 5.41 Å². The smallest absolute Gasteiger partial charge is 0.0676 e. The number of allylic oxidation sites excluding steroid dienone is 3. The molecule has 0 N–H and O–H groups in total. The van der Waals surface area contributed by atoms with Gasteiger partial charge >= 0.3 is 0 Å². The van der Waals surface area contributed by atoms with E-state index in [0.29, 0.717) is 0 Å². The SMILES string of the molecule is C=C/C=C1/N=C(CC)C(C)(C)/C1=c1\ccccc1=C. The van der Waals surface area contributed by atoms with Crippen molar-refractivity contribution in [3.8, 4) is 0 Å². The summed E-state index contributed by atoms with van der Waals surface area (Å²) in [5.74, 6) is 0. The van der Waals surface area contributed by atoms with E-state index in [2.05, 4.69) is 46.1 Å². The molecular weight excluding hydrogens is 230 g/mol. The zero-order chi connectivity index (χ0) is 14.0. The predicted octanol–water partition coefficient (Wildman–Crippen LogP) is 3.21. The van der Waals surface area contributed by atoms with Crippen molar-refractivity contribution in [2.45, 2.75) is 27.2 Å². The van der Waals surface area contributed by atoms with E-state index in [0.717, 1.165) is 17.3 Å². The lowest BCUT2D eigenvalue weighted by molar-refractivity contribution is 0.698. The molecule has 0 saturated heterocycles. The monoisotopic (exact) mass is 251 g/mol. The topological polar surface area (TPSA) is 12.4 Å². The van der Waals surface area contributed by atoms with Crippen LogP contribution in [-0.2, 0) is 0 Å². The van der Waals surface area contributed by atoms with E-state index in [1.807, 2.05) is 18.2 Å². The van der Waals surface area contributed by atoms with Crippen molar-refractivity contribution in [1.82, 2.24) is 0 Å². The van der Waals surface area contributed by atoms with Gasteiger partial charge in [0.1, 0.15) is 0 Å². The van der Waals surface area contributed by atoms with Crippen molar-refractivity contribution in [3.05, 3.63) is 59.1 Å². The van der Waals surface area contributed by atoms with E-state index in [9.17, 15) is 0 Å². The highest BCUT2D eigenvalue weighted by Crippen LogP contribution is 2.41. The molecule has 1 aromatic rings. The Bertz CT molecular complexity index is 672. The lowest BCUT2D eigenvalue weighted by Gasteiger charge is -2.22. The molecule has 1 aromatic carbocycles. The molecule has 0 atom stereocenters. The summed E-state index contributed by atoms with van der Waals surface area (Å²) in [6.45, 7) is 14.6. The number of aliphatic imine (C=N–C) groups is 1. The molecule has 0 fully saturated rings. The molecule has 1 heterocycles. The largest absolute Gasteiger partial charge is 0.257 e. The van der Waals surface area contributed by atoms with Gasteiger partial charge in [-0.1, -0.05) is 64.3 Å². The standard InChI is InChI=1S/C18H21N/c1-6-10-15-17(14-12-9-8-11-13(14)3)18(4,5)16(7-2)19-15/h6,8-12H,1,3,7H2,2,4-5H3/b15-10+,17-14+. The molecule has 0 aromatic heterocycles. The molecular formula is C18H21N. The third-order valence-electron chi connectivity index (χ3n) is 3.76. The first-order chi connectivity index (χ1) is 9.02. The van der Waals surface area contributed by atoms with E-state index in [4.69, 9.17) is 4.99 Å². The fraction of sp³-hybridized carbons (Fsp3) is 0.278. The van der Waals surface area contributed by atoms with Crippen LogP contribution in [0.1, 0.15) is 27.2 Å². The minimum atomic E-state index is -0.0443. The zero-order valence-electron chi connectivity index (χ0n) is 12.0. The summed E-state index contributed by atoms with van der Waals surface area (Å²) < 4.78 is 0. The lowest BCUT2D eigenvalue weighted by Crippen LogP contribution is -2.32. The van der Waals surface area contributed by atoms with E-state index in [-0.39, 0.29) is 5.41 Å². The Kier molecular flexibility index (Phi) is 3.57. The van der Waals surface area contributed by atoms with Crippen LogP contribution >= 0.6 is 0 Å². The summed E-state index contributed by atoms with van der Waals surface area (Å²) in [6, 6.07) is 8.26. The van der Waals surface area contributed by atoms with Crippen LogP contribution in [-0.4, -0.2) is 5.71 Å². The average molecular weight is 251 g/mol. The molecule has 19 heavy (non-hydrogen) atoms. The summed E-state index contributed by atoms with van der Waals surface area (Å²) in [4.78, 5) is 4.79. The highest BCUT2D eigenvalue weighted by Gasteiger charge is 2.36. The second kappa shape index (κ2) is 5.00. The summed E-state index contributed by atoms with van der Waals surface area (Å²) >= 11 is 0. The van der Waals surface area contributed by atoms with Gasteiger partial charge in [0.15, 0.2) is 0 Å². The molecule has 0 radical (unpaired) electrons. The quantitative estimate of drug-likeness (QED) is 0.765. The molecule has 0 unspecified atom stereocenters. The maximum absolute atomic E-state index is 4.79. The zero-order valence-corrected chi connectivity index (χ0v) is 12.0. The predicted molar refractivity (Wildman–Crippen MR) is 84.4 cm³/mol. The van der Waals surface area contributed by atoms with E-state index in [1.165, 1.54) is 16.5 Å². The minimum Gasteiger partial charge on any atom is -0.257 e. The van der Waals surface area contributed by atoms with Crippen LogP contribution in [0.4, 0.5) is 0 Å². The molecule has 0 aliphatic carbocycles. The molecule has 98 valence electrons. The van der Waals surface area contributed by atoms with Gasteiger partial charge in [0, 0.05) is 11.1 Å². The third-order valence-corrected chi connectivity index (χ3v) is 3.76. The summed E-state index contributed by atoms with van der Waals surface area (Å²) in [7, 11) is 0. The second-order valence-electron chi connectivity index (χ2n) is 5.36. The van der Waals surface area contributed by atoms with Gasteiger partial charge < -0.3 is 0 Å². The second-order valence-corrected chi connectivity index (χ2v) is 5.36. The molecule has 0 bridgehead atoms. The van der Waals surface area contributed by atoms with Crippen LogP contribution in [0.25, 0.3) is 12.2 Å². The maximum Gasteiger partial charge on any atom is 0.0676 e. The average Bonchev–Trinajstić information content (AvgIpc) is 2.62. The maximum atomic E-state index is 4.79. The van der Waals surface area contributed by atoms with Crippen LogP contribution in [0.2, 0.25) is 0 Å². The number of benzene rings is 1. The Morgan fingerprint density at radius 3 is 2.53 bits per heavy atom. The van der Waals surface area contributed by atoms with E-state index in [1.54, 1.807) is 6.08 Å². The van der Waals surface area contributed by atoms with Gasteiger partial charge in [-0.25, -0.2) is 0 Å². The van der Waals surface area contributed by atoms with Crippen molar-refractivity contribution < 1.29 is 0 Å². The molecule has 2 rings (SSSR count). The molecule has 0 saturated carbocycles. The molecule has 1 aliphatic rings. The minimum absolute atomic E-state index is 0.0443. The Morgan fingerprint density at radius 1 is 1.26 bits per heavy atom. The van der Waals surface area contributed by atoms with Crippen molar-refractivity contribution in [1.29, 1.82) is 0 Å². The van der Waals surface area contributed by atoms with Gasteiger partial charge in [-0.2, -0.15) is 0 Å². The third kappa shape index (κ3) is 2.21. The summed E-state index contributed by atoms with van der Waals surface area (Å²) in [6.07, 6.45) is 4.76. The number of hydrogen-bond acceptors (Lipinski definition) is 1. The Morgan fingerprint density at radius 2 is 1.95 bits per heavy atom. The normalized spacial score (nSPS) is 22.5. The van der Waals surface area contributed by atoms with Gasteiger partial charge in [-0.05, 0) is 28.5 Å². The van der Waals surface area contributed by atoms with Crippen LogP contribution in [0.5, 0.6) is 0 Å².